The predicted octanol–water partition coefficient (Wildman–Crippen LogP) is 2.95. The summed E-state index contributed by atoms with van der Waals surface area (Å²) >= 11 is 0. The summed E-state index contributed by atoms with van der Waals surface area (Å²) in [6.07, 6.45) is -0.193. The summed E-state index contributed by atoms with van der Waals surface area (Å²) in [6.45, 7) is 0. The number of carbonyl (C=O) groups excluding carboxylic acids is 3. The summed E-state index contributed by atoms with van der Waals surface area (Å²) in [4.78, 5) is 36.5. The van der Waals surface area contributed by atoms with E-state index in [4.69, 9.17) is 5.73 Å². The van der Waals surface area contributed by atoms with E-state index in [-0.39, 0.29) is 24.2 Å². The van der Waals surface area contributed by atoms with E-state index in [0.29, 0.717) is 22.8 Å². The van der Waals surface area contributed by atoms with Gasteiger partial charge in [-0.25, -0.2) is 8.78 Å². The molecule has 0 saturated carbocycles. The first-order valence-corrected chi connectivity index (χ1v) is 9.54. The predicted molar refractivity (Wildman–Crippen MR) is 111 cm³/mol. The zero-order chi connectivity index (χ0) is 22.4. The fourth-order valence-electron chi connectivity index (χ4n) is 3.15. The van der Waals surface area contributed by atoms with Crippen molar-refractivity contribution in [1.29, 1.82) is 0 Å². The summed E-state index contributed by atoms with van der Waals surface area (Å²) in [5, 5.41) is 2.49. The molecule has 0 aliphatic rings. The van der Waals surface area contributed by atoms with E-state index in [9.17, 15) is 23.2 Å². The van der Waals surface area contributed by atoms with E-state index < -0.39 is 29.5 Å². The minimum atomic E-state index is -1.01. The number of benzene rings is 3. The Bertz CT molecular complexity index is 1080. The van der Waals surface area contributed by atoms with Crippen LogP contribution in [-0.2, 0) is 22.4 Å². The lowest BCUT2D eigenvalue weighted by Gasteiger charge is -2.16. The first-order chi connectivity index (χ1) is 14.8. The third-order valence-corrected chi connectivity index (χ3v) is 4.66. The van der Waals surface area contributed by atoms with Gasteiger partial charge in [-0.05, 0) is 23.3 Å². The number of amides is 2. The first-order valence-electron chi connectivity index (χ1n) is 9.54. The van der Waals surface area contributed by atoms with E-state index >= 15 is 0 Å². The number of carbonyl (C=O) groups is 3. The van der Waals surface area contributed by atoms with Gasteiger partial charge >= 0.3 is 0 Å². The number of hydrogen-bond donors (Lipinski definition) is 2. The van der Waals surface area contributed by atoms with Crippen molar-refractivity contribution in [1.82, 2.24) is 5.32 Å². The van der Waals surface area contributed by atoms with Gasteiger partial charge < -0.3 is 11.1 Å². The molecule has 3 N–H and O–H groups in total. The lowest BCUT2D eigenvalue weighted by atomic mass is 9.99. The molecule has 0 radical (unpaired) electrons. The molecule has 158 valence electrons. The van der Waals surface area contributed by atoms with Crippen LogP contribution in [0.1, 0.15) is 27.0 Å². The summed E-state index contributed by atoms with van der Waals surface area (Å²) in [6, 6.07) is 17.2. The molecule has 3 rings (SSSR count). The zero-order valence-electron chi connectivity index (χ0n) is 16.5. The number of nitrogens with one attached hydrogen (secondary N) is 1. The van der Waals surface area contributed by atoms with E-state index in [1.54, 1.807) is 48.5 Å². The van der Waals surface area contributed by atoms with Crippen molar-refractivity contribution in [2.75, 3.05) is 0 Å². The monoisotopic (exact) mass is 422 g/mol. The molecule has 0 bridgehead atoms. The minimum Gasteiger partial charge on any atom is -0.368 e. The molecule has 31 heavy (non-hydrogen) atoms. The standard InChI is InChI=1S/C24H20F2N2O3/c25-19-10-16(11-20(26)14-19)13-22(29)28-21(24(27)31)12-15-6-8-18(9-7-15)23(30)17-4-2-1-3-5-17/h1-11,14,21H,12-13H2,(H2,27,31)(H,28,29)/t21-/m0/s1. The van der Waals surface area contributed by atoms with Crippen LogP contribution in [0.2, 0.25) is 0 Å². The highest BCUT2D eigenvalue weighted by Gasteiger charge is 2.19. The number of halogens is 2. The maximum absolute atomic E-state index is 13.3. The van der Waals surface area contributed by atoms with Crippen molar-refractivity contribution in [3.8, 4) is 0 Å². The van der Waals surface area contributed by atoms with Crippen LogP contribution in [0, 0.1) is 11.6 Å². The number of ketones is 1. The van der Waals surface area contributed by atoms with E-state index in [0.717, 1.165) is 12.1 Å². The molecule has 0 unspecified atom stereocenters. The van der Waals surface area contributed by atoms with Gasteiger partial charge in [-0.1, -0.05) is 54.6 Å². The van der Waals surface area contributed by atoms with Gasteiger partial charge in [0.1, 0.15) is 17.7 Å². The molecule has 0 spiro atoms. The van der Waals surface area contributed by atoms with Gasteiger partial charge in [0.2, 0.25) is 11.8 Å². The highest BCUT2D eigenvalue weighted by Crippen LogP contribution is 2.13. The van der Waals surface area contributed by atoms with Gasteiger partial charge in [0.25, 0.3) is 0 Å². The highest BCUT2D eigenvalue weighted by molar-refractivity contribution is 6.08. The molecule has 3 aromatic rings. The molecule has 0 aromatic heterocycles. The molecule has 0 aliphatic heterocycles. The zero-order valence-corrected chi connectivity index (χ0v) is 16.5. The summed E-state index contributed by atoms with van der Waals surface area (Å²) in [7, 11) is 0. The minimum absolute atomic E-state index is 0.110. The number of hydrogen-bond acceptors (Lipinski definition) is 3. The Kier molecular flexibility index (Phi) is 6.87. The van der Waals surface area contributed by atoms with Crippen molar-refractivity contribution >= 4 is 17.6 Å². The molecule has 3 aromatic carbocycles. The van der Waals surface area contributed by atoms with Crippen LogP contribution in [0.4, 0.5) is 8.78 Å². The van der Waals surface area contributed by atoms with Gasteiger partial charge in [-0.3, -0.25) is 14.4 Å². The lowest BCUT2D eigenvalue weighted by Crippen LogP contribution is -2.46. The van der Waals surface area contributed by atoms with Gasteiger partial charge in [0.05, 0.1) is 6.42 Å². The van der Waals surface area contributed by atoms with Crippen LogP contribution in [0.5, 0.6) is 0 Å². The van der Waals surface area contributed by atoms with Crippen molar-refractivity contribution < 1.29 is 23.2 Å². The van der Waals surface area contributed by atoms with E-state index in [1.807, 2.05) is 6.07 Å². The Balaban J connectivity index is 1.65. The van der Waals surface area contributed by atoms with Crippen LogP contribution in [0.25, 0.3) is 0 Å². The third-order valence-electron chi connectivity index (χ3n) is 4.66. The van der Waals surface area contributed by atoms with Crippen molar-refractivity contribution in [2.45, 2.75) is 18.9 Å². The molecular formula is C24H20F2N2O3. The molecule has 0 heterocycles. The van der Waals surface area contributed by atoms with Crippen LogP contribution >= 0.6 is 0 Å². The normalized spacial score (nSPS) is 11.5. The molecule has 5 nitrogen and oxygen atoms in total. The molecule has 0 saturated heterocycles. The van der Waals surface area contributed by atoms with Gasteiger partial charge in [-0.2, -0.15) is 0 Å². The van der Waals surface area contributed by atoms with Crippen LogP contribution < -0.4 is 11.1 Å². The second-order valence-corrected chi connectivity index (χ2v) is 7.07. The highest BCUT2D eigenvalue weighted by atomic mass is 19.1. The third kappa shape index (κ3) is 6.05. The van der Waals surface area contributed by atoms with Crippen molar-refractivity contribution in [3.05, 3.63) is 107 Å². The van der Waals surface area contributed by atoms with Gasteiger partial charge in [0.15, 0.2) is 5.78 Å². The Labute approximate surface area is 177 Å². The lowest BCUT2D eigenvalue weighted by molar-refractivity contribution is -0.127. The number of primary amides is 1. The number of nitrogens with two attached hydrogens (primary N) is 1. The summed E-state index contributed by atoms with van der Waals surface area (Å²) in [5.41, 5.74) is 7.28. The number of rotatable bonds is 8. The van der Waals surface area contributed by atoms with Crippen molar-refractivity contribution in [2.24, 2.45) is 5.73 Å². The maximum atomic E-state index is 13.3. The van der Waals surface area contributed by atoms with E-state index in [1.165, 1.54) is 0 Å². The molecule has 7 heteroatoms. The Morgan fingerprint density at radius 2 is 1.39 bits per heavy atom. The smallest absolute Gasteiger partial charge is 0.240 e. The fraction of sp³-hybridized carbons (Fsp3) is 0.125. The van der Waals surface area contributed by atoms with Crippen LogP contribution in [-0.4, -0.2) is 23.6 Å². The second-order valence-electron chi connectivity index (χ2n) is 7.07. The second kappa shape index (κ2) is 9.75. The molecule has 0 aliphatic carbocycles. The summed E-state index contributed by atoms with van der Waals surface area (Å²) in [5.74, 6) is -3.05. The fourth-order valence-corrected chi connectivity index (χ4v) is 3.15. The van der Waals surface area contributed by atoms with Crippen LogP contribution in [0.15, 0.2) is 72.8 Å². The van der Waals surface area contributed by atoms with Crippen molar-refractivity contribution in [3.63, 3.8) is 0 Å². The van der Waals surface area contributed by atoms with Gasteiger partial charge in [-0.15, -0.1) is 0 Å². The van der Waals surface area contributed by atoms with Gasteiger partial charge in [0, 0.05) is 23.6 Å². The molecular weight excluding hydrogens is 402 g/mol. The Hall–Kier alpha value is -3.87. The average Bonchev–Trinajstić information content (AvgIpc) is 2.73. The summed E-state index contributed by atoms with van der Waals surface area (Å²) < 4.78 is 26.6. The van der Waals surface area contributed by atoms with Crippen LogP contribution in [0.3, 0.4) is 0 Å². The SMILES string of the molecule is NC(=O)[C@H](Cc1ccc(C(=O)c2ccccc2)cc1)NC(=O)Cc1cc(F)cc(F)c1. The maximum Gasteiger partial charge on any atom is 0.240 e. The molecule has 2 amide bonds. The Morgan fingerprint density at radius 3 is 1.97 bits per heavy atom. The first kappa shape index (κ1) is 21.8. The topological polar surface area (TPSA) is 89.3 Å². The van der Waals surface area contributed by atoms with E-state index in [2.05, 4.69) is 5.32 Å². The molecule has 0 fully saturated rings. The largest absolute Gasteiger partial charge is 0.368 e. The Morgan fingerprint density at radius 1 is 0.806 bits per heavy atom. The quantitative estimate of drug-likeness (QED) is 0.547. The average molecular weight is 422 g/mol. The molecule has 1 atom stereocenters.